The number of hydrogen-bond donors (Lipinski definition) is 3. The van der Waals surface area contributed by atoms with Crippen molar-refractivity contribution >= 4 is 38.6 Å². The molecule has 0 saturated heterocycles. The zero-order chi connectivity index (χ0) is 19.8. The van der Waals surface area contributed by atoms with Crippen molar-refractivity contribution in [3.63, 3.8) is 0 Å². The number of thiol groups is 1. The maximum Gasteiger partial charge on any atom is 0.295 e. The van der Waals surface area contributed by atoms with E-state index in [4.69, 9.17) is 0 Å². The standard InChI is InChI=1S/C17H14O7S3/c18-16(10-2-4-13(25)15(6-10)27(22,23)24)9-1-3-12(17-7-11(17)8-17)14(5-9)26(19,20)21/h1-6,11,25H,7-8H2,(H,19,20,21)(H,22,23,24). The van der Waals surface area contributed by atoms with Crippen LogP contribution in [-0.4, -0.2) is 31.7 Å². The van der Waals surface area contributed by atoms with Gasteiger partial charge in [0, 0.05) is 21.4 Å². The summed E-state index contributed by atoms with van der Waals surface area (Å²) >= 11 is 3.94. The van der Waals surface area contributed by atoms with Gasteiger partial charge >= 0.3 is 0 Å². The van der Waals surface area contributed by atoms with Gasteiger partial charge in [-0.05, 0) is 48.6 Å². The van der Waals surface area contributed by atoms with E-state index in [-0.39, 0.29) is 26.3 Å². The summed E-state index contributed by atoms with van der Waals surface area (Å²) < 4.78 is 65.2. The molecule has 2 fully saturated rings. The molecule has 4 rings (SSSR count). The number of carbonyl (C=O) groups is 1. The number of carbonyl (C=O) groups excluding carboxylic acids is 1. The van der Waals surface area contributed by atoms with Crippen molar-refractivity contribution in [1.29, 1.82) is 0 Å². The third kappa shape index (κ3) is 3.11. The molecule has 0 unspecified atom stereocenters. The summed E-state index contributed by atoms with van der Waals surface area (Å²) in [5.41, 5.74) is 0.228. The van der Waals surface area contributed by atoms with Gasteiger partial charge in [0.2, 0.25) is 0 Å². The third-order valence-corrected chi connectivity index (χ3v) is 7.57. The lowest BCUT2D eigenvalue weighted by Gasteiger charge is -2.12. The predicted octanol–water partition coefficient (Wildman–Crippen LogP) is 2.36. The Morgan fingerprint density at radius 1 is 0.926 bits per heavy atom. The average molecular weight is 426 g/mol. The maximum absolute atomic E-state index is 12.7. The van der Waals surface area contributed by atoms with E-state index in [0.717, 1.165) is 25.0 Å². The minimum atomic E-state index is -4.58. The van der Waals surface area contributed by atoms with Crippen LogP contribution in [0.4, 0.5) is 0 Å². The molecule has 2 aliphatic rings. The Kier molecular flexibility index (Phi) is 3.90. The summed E-state index contributed by atoms with van der Waals surface area (Å²) in [6, 6.07) is 7.62. The summed E-state index contributed by atoms with van der Waals surface area (Å²) in [7, 11) is -9.11. The second-order valence-corrected chi connectivity index (χ2v) is 10.2. The minimum Gasteiger partial charge on any atom is -0.289 e. The number of fused-ring (bicyclic) bond motifs is 1. The van der Waals surface area contributed by atoms with Gasteiger partial charge in [-0.15, -0.1) is 12.6 Å². The zero-order valence-corrected chi connectivity index (χ0v) is 16.2. The molecule has 10 heteroatoms. The average Bonchev–Trinajstić information content (AvgIpc) is 3.42. The van der Waals surface area contributed by atoms with Crippen molar-refractivity contribution in [1.82, 2.24) is 0 Å². The normalized spacial score (nSPS) is 23.6. The predicted molar refractivity (Wildman–Crippen MR) is 97.6 cm³/mol. The van der Waals surface area contributed by atoms with Gasteiger partial charge in [-0.25, -0.2) is 0 Å². The van der Waals surface area contributed by atoms with E-state index in [1.165, 1.54) is 24.3 Å². The number of ketones is 1. The molecule has 0 amide bonds. The first-order valence-corrected chi connectivity index (χ1v) is 11.2. The Balaban J connectivity index is 1.79. The van der Waals surface area contributed by atoms with Crippen LogP contribution < -0.4 is 0 Å². The SMILES string of the molecule is O=C(c1ccc(S)c(S(=O)(=O)O)c1)c1ccc(C23CC2C3)c(S(=O)(=O)O)c1. The van der Waals surface area contributed by atoms with Crippen LogP contribution in [0.25, 0.3) is 0 Å². The molecule has 2 saturated carbocycles. The van der Waals surface area contributed by atoms with Gasteiger partial charge in [-0.2, -0.15) is 16.8 Å². The van der Waals surface area contributed by atoms with E-state index < -0.39 is 30.9 Å². The lowest BCUT2D eigenvalue weighted by Crippen LogP contribution is -2.11. The molecule has 7 nitrogen and oxygen atoms in total. The van der Waals surface area contributed by atoms with E-state index in [0.29, 0.717) is 11.5 Å². The summed E-state index contributed by atoms with van der Waals surface area (Å²) in [5.74, 6) is -0.217. The molecule has 0 spiro atoms. The summed E-state index contributed by atoms with van der Waals surface area (Å²) in [6.07, 6.45) is 1.73. The van der Waals surface area contributed by atoms with Crippen molar-refractivity contribution in [3.05, 3.63) is 53.1 Å². The van der Waals surface area contributed by atoms with Crippen LogP contribution in [0.3, 0.4) is 0 Å². The van der Waals surface area contributed by atoms with Gasteiger partial charge in [0.1, 0.15) is 4.90 Å². The second-order valence-electron chi connectivity index (χ2n) is 6.93. The molecule has 2 aromatic carbocycles. The van der Waals surface area contributed by atoms with Gasteiger partial charge in [0.15, 0.2) is 5.78 Å². The zero-order valence-electron chi connectivity index (χ0n) is 13.7. The van der Waals surface area contributed by atoms with Crippen LogP contribution in [0, 0.1) is 5.92 Å². The Hall–Kier alpha value is -1.72. The number of benzene rings is 2. The summed E-state index contributed by atoms with van der Waals surface area (Å²) in [6.45, 7) is 0. The fraction of sp³-hybridized carbons (Fsp3) is 0.235. The first-order valence-electron chi connectivity index (χ1n) is 7.91. The second kappa shape index (κ2) is 5.65. The smallest absolute Gasteiger partial charge is 0.289 e. The van der Waals surface area contributed by atoms with Crippen molar-refractivity contribution in [2.45, 2.75) is 32.9 Å². The molecule has 0 atom stereocenters. The molecule has 0 heterocycles. The van der Waals surface area contributed by atoms with Crippen molar-refractivity contribution < 1.29 is 30.7 Å². The van der Waals surface area contributed by atoms with Crippen molar-refractivity contribution in [2.24, 2.45) is 5.92 Å². The van der Waals surface area contributed by atoms with Gasteiger partial charge in [0.05, 0.1) is 4.90 Å². The topological polar surface area (TPSA) is 126 Å². The molecule has 2 aromatic rings. The molecular weight excluding hydrogens is 412 g/mol. The van der Waals surface area contributed by atoms with Gasteiger partial charge in [-0.1, -0.05) is 12.1 Å². The lowest BCUT2D eigenvalue weighted by atomic mass is 9.98. The summed E-state index contributed by atoms with van der Waals surface area (Å²) in [4.78, 5) is 11.9. The lowest BCUT2D eigenvalue weighted by molar-refractivity contribution is 0.103. The van der Waals surface area contributed by atoms with Crippen molar-refractivity contribution in [2.75, 3.05) is 0 Å². The Labute approximate surface area is 161 Å². The molecule has 2 aliphatic carbocycles. The van der Waals surface area contributed by atoms with Crippen LogP contribution in [0.2, 0.25) is 0 Å². The van der Waals surface area contributed by atoms with Gasteiger partial charge in [0.25, 0.3) is 20.2 Å². The first-order chi connectivity index (χ1) is 12.4. The van der Waals surface area contributed by atoms with Crippen LogP contribution in [0.5, 0.6) is 0 Å². The highest BCUT2D eigenvalue weighted by molar-refractivity contribution is 7.87. The molecule has 0 bridgehead atoms. The molecule has 142 valence electrons. The quantitative estimate of drug-likeness (QED) is 0.381. The monoisotopic (exact) mass is 426 g/mol. The van der Waals surface area contributed by atoms with Gasteiger partial charge in [-0.3, -0.25) is 13.9 Å². The number of rotatable bonds is 5. The third-order valence-electron chi connectivity index (χ3n) is 5.24. The largest absolute Gasteiger partial charge is 0.295 e. The molecule has 0 radical (unpaired) electrons. The fourth-order valence-corrected chi connectivity index (χ4v) is 5.38. The number of hydrogen-bond acceptors (Lipinski definition) is 6. The van der Waals surface area contributed by atoms with E-state index in [2.05, 4.69) is 12.6 Å². The Bertz CT molecular complexity index is 1210. The highest BCUT2D eigenvalue weighted by atomic mass is 32.2. The molecular formula is C17H14O7S3. The highest BCUT2D eigenvalue weighted by Crippen LogP contribution is 2.76. The van der Waals surface area contributed by atoms with Crippen LogP contribution in [0.15, 0.2) is 51.1 Å². The maximum atomic E-state index is 12.7. The highest BCUT2D eigenvalue weighted by Gasteiger charge is 2.71. The summed E-state index contributed by atoms with van der Waals surface area (Å²) in [5, 5.41) is 0. The Morgan fingerprint density at radius 3 is 1.89 bits per heavy atom. The van der Waals surface area contributed by atoms with Crippen LogP contribution in [-0.2, 0) is 25.7 Å². The van der Waals surface area contributed by atoms with Crippen LogP contribution >= 0.6 is 12.6 Å². The Morgan fingerprint density at radius 2 is 1.41 bits per heavy atom. The minimum absolute atomic E-state index is 0.0196. The van der Waals surface area contributed by atoms with E-state index >= 15 is 0 Å². The molecule has 0 aromatic heterocycles. The molecule has 0 aliphatic heterocycles. The van der Waals surface area contributed by atoms with Crippen LogP contribution in [0.1, 0.15) is 34.3 Å². The van der Waals surface area contributed by atoms with E-state index in [1.807, 2.05) is 0 Å². The fourth-order valence-electron chi connectivity index (χ4n) is 3.46. The van der Waals surface area contributed by atoms with Crippen molar-refractivity contribution in [3.8, 4) is 0 Å². The first kappa shape index (κ1) is 18.6. The van der Waals surface area contributed by atoms with E-state index in [1.54, 1.807) is 0 Å². The van der Waals surface area contributed by atoms with E-state index in [9.17, 15) is 30.7 Å². The molecule has 2 N–H and O–H groups in total. The molecule has 27 heavy (non-hydrogen) atoms. The van der Waals surface area contributed by atoms with Gasteiger partial charge < -0.3 is 0 Å².